The van der Waals surface area contributed by atoms with E-state index in [0.717, 1.165) is 16.0 Å². The molecule has 1 fully saturated rings. The molecule has 0 bridgehead atoms. The van der Waals surface area contributed by atoms with Gasteiger partial charge in [-0.25, -0.2) is 0 Å². The fourth-order valence-electron chi connectivity index (χ4n) is 5.90. The lowest BCUT2D eigenvalue weighted by Gasteiger charge is -2.27. The Kier molecular flexibility index (Phi) is 11.4. The molecule has 262 valence electrons. The highest BCUT2D eigenvalue weighted by molar-refractivity contribution is 6.25. The van der Waals surface area contributed by atoms with Crippen LogP contribution in [-0.2, 0) is 14.4 Å². The zero-order chi connectivity index (χ0) is 35.8. The van der Waals surface area contributed by atoms with Gasteiger partial charge in [0, 0.05) is 25.1 Å². The fraction of sp³-hybridized carbons (Fsp3) is 0.324. The molecule has 0 spiro atoms. The molecule has 1 atom stereocenters. The Labute approximate surface area is 289 Å². The van der Waals surface area contributed by atoms with Crippen LogP contribution in [-0.4, -0.2) is 75.5 Å². The van der Waals surface area contributed by atoms with Gasteiger partial charge < -0.3 is 29.0 Å². The average Bonchev–Trinajstić information content (AvgIpc) is 3.37. The zero-order valence-corrected chi connectivity index (χ0v) is 28.3. The summed E-state index contributed by atoms with van der Waals surface area (Å²) in [6, 6.07) is 12.8. The van der Waals surface area contributed by atoms with Gasteiger partial charge in [-0.2, -0.15) is 0 Å². The molecule has 50 heavy (non-hydrogen) atoms. The Morgan fingerprint density at radius 3 is 2.20 bits per heavy atom. The van der Waals surface area contributed by atoms with Crippen molar-refractivity contribution in [2.24, 2.45) is 0 Å². The summed E-state index contributed by atoms with van der Waals surface area (Å²) < 4.78 is 27.3. The number of nitrogens with zero attached hydrogens (tertiary/aromatic N) is 1. The number of nitrogens with one attached hydrogen (secondary N) is 2. The number of methoxy groups -OCH3 is 4. The van der Waals surface area contributed by atoms with Gasteiger partial charge in [-0.15, -0.1) is 0 Å². The predicted octanol–water partition coefficient (Wildman–Crippen LogP) is 4.87. The number of ether oxygens (including phenoxy) is 5. The zero-order valence-electron chi connectivity index (χ0n) is 28.3. The van der Waals surface area contributed by atoms with Gasteiger partial charge >= 0.3 is 5.97 Å². The summed E-state index contributed by atoms with van der Waals surface area (Å²) in [5.41, 5.74) is 2.50. The van der Waals surface area contributed by atoms with Crippen LogP contribution in [0.1, 0.15) is 70.4 Å². The molecule has 0 aromatic heterocycles. The van der Waals surface area contributed by atoms with Crippen LogP contribution in [0.5, 0.6) is 28.7 Å². The lowest BCUT2D eigenvalue weighted by molar-refractivity contribution is -0.136. The lowest BCUT2D eigenvalue weighted by atomic mass is 10.0. The number of fused-ring (bicyclic) bond motifs is 1. The van der Waals surface area contributed by atoms with E-state index in [1.165, 1.54) is 7.11 Å². The molecule has 3 aromatic rings. The molecule has 0 saturated carbocycles. The van der Waals surface area contributed by atoms with Gasteiger partial charge in [0.15, 0.2) is 23.0 Å². The average molecular weight is 686 g/mol. The molecule has 0 radical (unpaired) electrons. The maximum atomic E-state index is 13.3. The van der Waals surface area contributed by atoms with Crippen molar-refractivity contribution < 1.29 is 47.7 Å². The second-order valence-corrected chi connectivity index (χ2v) is 11.6. The van der Waals surface area contributed by atoms with E-state index in [1.807, 2.05) is 30.4 Å². The summed E-state index contributed by atoms with van der Waals surface area (Å²) >= 11 is 0. The van der Waals surface area contributed by atoms with Crippen molar-refractivity contribution in [2.45, 2.75) is 44.6 Å². The van der Waals surface area contributed by atoms with E-state index in [9.17, 15) is 24.0 Å². The topological polar surface area (TPSA) is 159 Å². The second kappa shape index (κ2) is 16.0. The van der Waals surface area contributed by atoms with E-state index in [4.69, 9.17) is 23.7 Å². The van der Waals surface area contributed by atoms with Crippen LogP contribution in [0.2, 0.25) is 0 Å². The molecule has 5 rings (SSSR count). The van der Waals surface area contributed by atoms with E-state index in [-0.39, 0.29) is 30.4 Å². The van der Waals surface area contributed by atoms with Crippen LogP contribution in [0.15, 0.2) is 48.5 Å². The third kappa shape index (κ3) is 7.72. The number of anilines is 1. The van der Waals surface area contributed by atoms with Crippen molar-refractivity contribution >= 4 is 47.4 Å². The van der Waals surface area contributed by atoms with Crippen molar-refractivity contribution in [1.29, 1.82) is 0 Å². The van der Waals surface area contributed by atoms with Crippen LogP contribution in [0.25, 0.3) is 12.2 Å². The van der Waals surface area contributed by atoms with Crippen molar-refractivity contribution in [1.82, 2.24) is 10.2 Å². The van der Waals surface area contributed by atoms with Crippen molar-refractivity contribution in [3.63, 3.8) is 0 Å². The van der Waals surface area contributed by atoms with Gasteiger partial charge in [0.25, 0.3) is 11.8 Å². The van der Waals surface area contributed by atoms with E-state index < -0.39 is 35.6 Å². The van der Waals surface area contributed by atoms with Gasteiger partial charge in [-0.1, -0.05) is 30.7 Å². The van der Waals surface area contributed by atoms with Crippen molar-refractivity contribution in [3.05, 3.63) is 70.8 Å². The molecule has 4 amide bonds. The Morgan fingerprint density at radius 2 is 1.52 bits per heavy atom. The van der Waals surface area contributed by atoms with Gasteiger partial charge in [0.1, 0.15) is 6.04 Å². The number of benzene rings is 3. The summed E-state index contributed by atoms with van der Waals surface area (Å²) in [4.78, 5) is 64.0. The molecule has 2 N–H and O–H groups in total. The van der Waals surface area contributed by atoms with Crippen LogP contribution < -0.4 is 34.3 Å². The first-order chi connectivity index (χ1) is 24.2. The minimum absolute atomic E-state index is 0.0533. The van der Waals surface area contributed by atoms with Crippen LogP contribution in [0, 0.1) is 0 Å². The number of carbonyl (C=O) groups is 5. The highest BCUT2D eigenvalue weighted by atomic mass is 16.6. The van der Waals surface area contributed by atoms with Crippen LogP contribution in [0.3, 0.4) is 0 Å². The standard InChI is InChI=1S/C37H39N3O10/c1-46-27-16-14-22(12-13-23-20-29(47-2)34(49-4)30(21-23)48-3)19-28(27)50-32(42)11-6-5-7-18-38-25-10-8-9-24-33(25)37(45)40(36(24)44)26-15-17-31(41)39-35(26)43/h8-10,12-14,16,19-21,26,38H,5-7,11,15,17-18H2,1-4H3,(H,39,41,43)/b13-12-. The first kappa shape index (κ1) is 35.5. The molecule has 0 aliphatic carbocycles. The second-order valence-electron chi connectivity index (χ2n) is 11.6. The number of hydrogen-bond acceptors (Lipinski definition) is 11. The summed E-state index contributed by atoms with van der Waals surface area (Å²) in [5.74, 6) is -0.331. The van der Waals surface area contributed by atoms with Crippen LogP contribution in [0.4, 0.5) is 5.69 Å². The Balaban J connectivity index is 1.12. The highest BCUT2D eigenvalue weighted by Gasteiger charge is 2.45. The first-order valence-electron chi connectivity index (χ1n) is 16.1. The van der Waals surface area contributed by atoms with Gasteiger partial charge in [-0.3, -0.25) is 34.2 Å². The monoisotopic (exact) mass is 685 g/mol. The normalized spacial score (nSPS) is 15.5. The molecule has 13 nitrogen and oxygen atoms in total. The van der Waals surface area contributed by atoms with Crippen LogP contribution >= 0.6 is 0 Å². The third-order valence-electron chi connectivity index (χ3n) is 8.41. The van der Waals surface area contributed by atoms with Crippen molar-refractivity contribution in [3.8, 4) is 28.7 Å². The summed E-state index contributed by atoms with van der Waals surface area (Å²) in [5, 5.41) is 5.42. The Morgan fingerprint density at radius 1 is 0.820 bits per heavy atom. The number of rotatable bonds is 15. The number of imide groups is 2. The fourth-order valence-corrected chi connectivity index (χ4v) is 5.90. The number of piperidine rings is 1. The third-order valence-corrected chi connectivity index (χ3v) is 8.41. The molecule has 2 aliphatic heterocycles. The van der Waals surface area contributed by atoms with Gasteiger partial charge in [0.2, 0.25) is 17.6 Å². The van der Waals surface area contributed by atoms with Gasteiger partial charge in [-0.05, 0) is 66.8 Å². The quantitative estimate of drug-likeness (QED) is 0.0739. The van der Waals surface area contributed by atoms with E-state index in [0.29, 0.717) is 60.2 Å². The molecule has 1 unspecified atom stereocenters. The Hall–Kier alpha value is -5.85. The van der Waals surface area contributed by atoms with E-state index in [2.05, 4.69) is 10.6 Å². The number of unbranched alkanes of at least 4 members (excludes halogenated alkanes) is 2. The molecular weight excluding hydrogens is 646 g/mol. The van der Waals surface area contributed by atoms with E-state index in [1.54, 1.807) is 51.7 Å². The molecular formula is C37H39N3O10. The highest BCUT2D eigenvalue weighted by Crippen LogP contribution is 2.39. The SMILES string of the molecule is COc1ccc(/C=C\c2cc(OC)c(OC)c(OC)c2)cc1OC(=O)CCCCCNc1cccc2c1C(=O)N(C1CCC(=O)NC1=O)C2=O. The number of carbonyl (C=O) groups excluding carboxylic acids is 5. The summed E-state index contributed by atoms with van der Waals surface area (Å²) in [6.07, 6.45) is 6.01. The molecule has 2 aliphatic rings. The first-order valence-corrected chi connectivity index (χ1v) is 16.1. The molecule has 1 saturated heterocycles. The molecule has 2 heterocycles. The van der Waals surface area contributed by atoms with Crippen molar-refractivity contribution in [2.75, 3.05) is 40.3 Å². The number of amides is 4. The minimum Gasteiger partial charge on any atom is -0.493 e. The maximum Gasteiger partial charge on any atom is 0.311 e. The minimum atomic E-state index is -1.03. The summed E-state index contributed by atoms with van der Waals surface area (Å²) in [7, 11) is 6.15. The largest absolute Gasteiger partial charge is 0.493 e. The maximum absolute atomic E-state index is 13.3. The number of esters is 1. The molecule has 13 heteroatoms. The van der Waals surface area contributed by atoms with E-state index >= 15 is 0 Å². The number of hydrogen-bond donors (Lipinski definition) is 2. The Bertz CT molecular complexity index is 1810. The smallest absolute Gasteiger partial charge is 0.311 e. The summed E-state index contributed by atoms with van der Waals surface area (Å²) in [6.45, 7) is 0.486. The van der Waals surface area contributed by atoms with Gasteiger partial charge in [0.05, 0.1) is 39.6 Å². The predicted molar refractivity (Wildman–Crippen MR) is 184 cm³/mol. The molecule has 3 aromatic carbocycles. The lowest BCUT2D eigenvalue weighted by Crippen LogP contribution is -2.54.